The van der Waals surface area contributed by atoms with Gasteiger partial charge in [-0.1, -0.05) is 6.92 Å². The van der Waals surface area contributed by atoms with Crippen molar-refractivity contribution in [2.45, 2.75) is 46.6 Å². The number of anilines is 2. The number of nitrogens with zero attached hydrogens (tertiary/aromatic N) is 3. The molecule has 2 heterocycles. The number of aryl methyl sites for hydroxylation is 1. The summed E-state index contributed by atoms with van der Waals surface area (Å²) in [6.45, 7) is 12.6. The highest BCUT2D eigenvalue weighted by atomic mass is 15.2. The van der Waals surface area contributed by atoms with Crippen molar-refractivity contribution in [1.82, 2.24) is 14.9 Å². The Bertz CT molecular complexity index is 446. The van der Waals surface area contributed by atoms with Crippen molar-refractivity contribution in [3.8, 4) is 0 Å². The zero-order valence-electron chi connectivity index (χ0n) is 13.2. The van der Waals surface area contributed by atoms with Crippen LogP contribution in [0.2, 0.25) is 0 Å². The largest absolute Gasteiger partial charge is 0.370 e. The summed E-state index contributed by atoms with van der Waals surface area (Å²) in [5.41, 5.74) is 1.11. The lowest BCUT2D eigenvalue weighted by Crippen LogP contribution is -2.35. The molecule has 0 saturated carbocycles. The van der Waals surface area contributed by atoms with Crippen LogP contribution in [-0.4, -0.2) is 47.1 Å². The van der Waals surface area contributed by atoms with Gasteiger partial charge in [-0.15, -0.1) is 0 Å². The monoisotopic (exact) mass is 277 g/mol. The van der Waals surface area contributed by atoms with Crippen LogP contribution in [0.1, 0.15) is 38.1 Å². The SMILES string of the molecule is CCNc1nc(C)nc(NCC2CCCN2CC)c1C. The maximum Gasteiger partial charge on any atom is 0.134 e. The van der Waals surface area contributed by atoms with Gasteiger partial charge in [0.1, 0.15) is 17.5 Å². The molecule has 1 unspecified atom stereocenters. The predicted molar refractivity (Wildman–Crippen MR) is 84.4 cm³/mol. The maximum absolute atomic E-state index is 4.55. The fourth-order valence-electron chi connectivity index (χ4n) is 2.90. The molecule has 1 saturated heterocycles. The zero-order chi connectivity index (χ0) is 14.5. The van der Waals surface area contributed by atoms with Gasteiger partial charge in [-0.3, -0.25) is 4.90 Å². The van der Waals surface area contributed by atoms with E-state index in [2.05, 4.69) is 46.3 Å². The van der Waals surface area contributed by atoms with E-state index in [0.717, 1.165) is 42.7 Å². The summed E-state index contributed by atoms with van der Waals surface area (Å²) in [6, 6.07) is 0.636. The first kappa shape index (κ1) is 15.0. The van der Waals surface area contributed by atoms with Gasteiger partial charge in [0.05, 0.1) is 0 Å². The van der Waals surface area contributed by atoms with Gasteiger partial charge in [-0.05, 0) is 46.7 Å². The molecule has 1 aromatic heterocycles. The highest BCUT2D eigenvalue weighted by Crippen LogP contribution is 2.21. The van der Waals surface area contributed by atoms with E-state index in [0.29, 0.717) is 6.04 Å². The normalized spacial score (nSPS) is 19.3. The van der Waals surface area contributed by atoms with Crippen molar-refractivity contribution < 1.29 is 0 Å². The van der Waals surface area contributed by atoms with Crippen LogP contribution in [0.15, 0.2) is 0 Å². The van der Waals surface area contributed by atoms with Crippen molar-refractivity contribution >= 4 is 11.6 Å². The molecule has 5 heteroatoms. The second-order valence-electron chi connectivity index (χ2n) is 5.43. The molecule has 1 aliphatic rings. The standard InChI is InChI=1S/C15H27N5/c1-5-16-14-11(3)15(19-12(4)18-14)17-10-13-8-7-9-20(13)6-2/h13H,5-10H2,1-4H3,(H2,16,17,18,19). The van der Waals surface area contributed by atoms with Gasteiger partial charge in [0.25, 0.3) is 0 Å². The first-order valence-electron chi connectivity index (χ1n) is 7.72. The molecule has 112 valence electrons. The van der Waals surface area contributed by atoms with E-state index in [4.69, 9.17) is 0 Å². The number of hydrogen-bond acceptors (Lipinski definition) is 5. The number of likely N-dealkylation sites (N-methyl/N-ethyl adjacent to an activating group) is 1. The number of likely N-dealkylation sites (tertiary alicyclic amines) is 1. The molecule has 0 aromatic carbocycles. The lowest BCUT2D eigenvalue weighted by Gasteiger charge is -2.23. The Morgan fingerprint density at radius 2 is 1.85 bits per heavy atom. The second-order valence-corrected chi connectivity index (χ2v) is 5.43. The molecular weight excluding hydrogens is 250 g/mol. The fourth-order valence-corrected chi connectivity index (χ4v) is 2.90. The third kappa shape index (κ3) is 3.39. The number of rotatable bonds is 6. The van der Waals surface area contributed by atoms with Crippen LogP contribution < -0.4 is 10.6 Å². The number of aromatic nitrogens is 2. The molecule has 0 bridgehead atoms. The second kappa shape index (κ2) is 6.88. The Hall–Kier alpha value is -1.36. The Morgan fingerprint density at radius 1 is 1.15 bits per heavy atom. The van der Waals surface area contributed by atoms with Crippen molar-refractivity contribution in [3.05, 3.63) is 11.4 Å². The van der Waals surface area contributed by atoms with Gasteiger partial charge >= 0.3 is 0 Å². The Labute approximate surface area is 122 Å². The molecule has 5 nitrogen and oxygen atoms in total. The van der Waals surface area contributed by atoms with Crippen LogP contribution in [0.4, 0.5) is 11.6 Å². The third-order valence-electron chi connectivity index (χ3n) is 4.01. The van der Waals surface area contributed by atoms with E-state index in [1.807, 2.05) is 6.92 Å². The van der Waals surface area contributed by atoms with Gasteiger partial charge in [0.2, 0.25) is 0 Å². The lowest BCUT2D eigenvalue weighted by atomic mass is 10.2. The molecule has 1 aliphatic heterocycles. The van der Waals surface area contributed by atoms with Crippen LogP contribution in [0.3, 0.4) is 0 Å². The first-order chi connectivity index (χ1) is 9.65. The summed E-state index contributed by atoms with van der Waals surface area (Å²) in [4.78, 5) is 11.6. The lowest BCUT2D eigenvalue weighted by molar-refractivity contribution is 0.277. The van der Waals surface area contributed by atoms with Gasteiger partial charge in [0, 0.05) is 24.7 Å². The molecule has 0 aliphatic carbocycles. The molecule has 1 atom stereocenters. The molecule has 1 fully saturated rings. The van der Waals surface area contributed by atoms with Crippen LogP contribution in [-0.2, 0) is 0 Å². The first-order valence-corrected chi connectivity index (χ1v) is 7.72. The van der Waals surface area contributed by atoms with Gasteiger partial charge in [-0.25, -0.2) is 9.97 Å². The third-order valence-corrected chi connectivity index (χ3v) is 4.01. The van der Waals surface area contributed by atoms with Crippen LogP contribution in [0.25, 0.3) is 0 Å². The average Bonchev–Trinajstić information content (AvgIpc) is 2.88. The average molecular weight is 277 g/mol. The van der Waals surface area contributed by atoms with E-state index in [1.165, 1.54) is 19.4 Å². The van der Waals surface area contributed by atoms with Gasteiger partial charge in [-0.2, -0.15) is 0 Å². The Kier molecular flexibility index (Phi) is 5.17. The molecule has 0 spiro atoms. The number of nitrogens with one attached hydrogen (secondary N) is 2. The van der Waals surface area contributed by atoms with Gasteiger partial charge in [0.15, 0.2) is 0 Å². The van der Waals surface area contributed by atoms with E-state index >= 15 is 0 Å². The smallest absolute Gasteiger partial charge is 0.134 e. The zero-order valence-corrected chi connectivity index (χ0v) is 13.2. The Balaban J connectivity index is 2.05. The van der Waals surface area contributed by atoms with Crippen molar-refractivity contribution in [1.29, 1.82) is 0 Å². The minimum absolute atomic E-state index is 0.636. The molecule has 0 radical (unpaired) electrons. The van der Waals surface area contributed by atoms with E-state index in [1.54, 1.807) is 0 Å². The fraction of sp³-hybridized carbons (Fsp3) is 0.733. The summed E-state index contributed by atoms with van der Waals surface area (Å²) >= 11 is 0. The van der Waals surface area contributed by atoms with Crippen LogP contribution in [0, 0.1) is 13.8 Å². The highest BCUT2D eigenvalue weighted by Gasteiger charge is 2.23. The molecule has 0 amide bonds. The maximum atomic E-state index is 4.55. The summed E-state index contributed by atoms with van der Waals surface area (Å²) in [5.74, 6) is 2.73. The van der Waals surface area contributed by atoms with Crippen LogP contribution in [0.5, 0.6) is 0 Å². The van der Waals surface area contributed by atoms with E-state index in [9.17, 15) is 0 Å². The van der Waals surface area contributed by atoms with Crippen molar-refractivity contribution in [2.75, 3.05) is 36.8 Å². The molecule has 2 rings (SSSR count). The molecule has 20 heavy (non-hydrogen) atoms. The quantitative estimate of drug-likeness (QED) is 0.836. The summed E-state index contributed by atoms with van der Waals surface area (Å²) in [5, 5.41) is 6.83. The van der Waals surface area contributed by atoms with E-state index in [-0.39, 0.29) is 0 Å². The number of hydrogen-bond donors (Lipinski definition) is 2. The highest BCUT2D eigenvalue weighted by molar-refractivity contribution is 5.57. The van der Waals surface area contributed by atoms with Crippen LogP contribution >= 0.6 is 0 Å². The minimum atomic E-state index is 0.636. The Morgan fingerprint density at radius 3 is 2.50 bits per heavy atom. The topological polar surface area (TPSA) is 53.1 Å². The van der Waals surface area contributed by atoms with Crippen molar-refractivity contribution in [2.24, 2.45) is 0 Å². The molecule has 2 N–H and O–H groups in total. The molecular formula is C15H27N5. The summed E-state index contributed by atoms with van der Waals surface area (Å²) in [6.07, 6.45) is 2.59. The molecule has 1 aromatic rings. The summed E-state index contributed by atoms with van der Waals surface area (Å²) in [7, 11) is 0. The van der Waals surface area contributed by atoms with Crippen molar-refractivity contribution in [3.63, 3.8) is 0 Å². The minimum Gasteiger partial charge on any atom is -0.370 e. The van der Waals surface area contributed by atoms with E-state index < -0.39 is 0 Å². The summed E-state index contributed by atoms with van der Waals surface area (Å²) < 4.78 is 0. The van der Waals surface area contributed by atoms with Gasteiger partial charge < -0.3 is 10.6 Å². The predicted octanol–water partition coefficient (Wildman–Crippen LogP) is 2.42.